The number of carbonyl (C=O) groups excluding carboxylic acids is 1. The fraction of sp³-hybridized carbons (Fsp3) is 0.250. The lowest BCUT2D eigenvalue weighted by Gasteiger charge is -2.12. The smallest absolute Gasteiger partial charge is 0.268 e. The number of halogens is 1. The van der Waals surface area contributed by atoms with E-state index in [1.54, 1.807) is 0 Å². The van der Waals surface area contributed by atoms with Crippen molar-refractivity contribution >= 4 is 38.4 Å². The number of fused-ring (bicyclic) bond motifs is 1. The van der Waals surface area contributed by atoms with Crippen molar-refractivity contribution in [1.29, 1.82) is 0 Å². The molecule has 0 spiro atoms. The van der Waals surface area contributed by atoms with Crippen LogP contribution in [0.5, 0.6) is 0 Å². The molecule has 1 amide bonds. The van der Waals surface area contributed by atoms with Crippen LogP contribution in [0.4, 0.5) is 5.69 Å². The normalized spacial score (nSPS) is 10.8. The highest BCUT2D eigenvalue weighted by Gasteiger charge is 2.15. The van der Waals surface area contributed by atoms with Crippen LogP contribution in [0.3, 0.4) is 0 Å². The number of anilines is 1. The van der Waals surface area contributed by atoms with E-state index >= 15 is 0 Å². The Kier molecular flexibility index (Phi) is 5.43. The fourth-order valence-electron chi connectivity index (χ4n) is 2.81. The molecule has 0 aliphatic heterocycles. The van der Waals surface area contributed by atoms with Gasteiger partial charge in [-0.05, 0) is 52.5 Å². The maximum atomic E-state index is 12.4. The molecule has 1 heterocycles. The van der Waals surface area contributed by atoms with Crippen molar-refractivity contribution in [2.75, 3.05) is 25.5 Å². The Balaban J connectivity index is 1.53. The van der Waals surface area contributed by atoms with Gasteiger partial charge >= 0.3 is 0 Å². The topological polar surface area (TPSA) is 48.1 Å². The van der Waals surface area contributed by atoms with Crippen LogP contribution < -0.4 is 10.2 Å². The molecular formula is C20H22BrN3O. The predicted octanol–water partition coefficient (Wildman–Crippen LogP) is 4.36. The largest absolute Gasteiger partial charge is 0.378 e. The highest BCUT2D eigenvalue weighted by atomic mass is 79.9. The quantitative estimate of drug-likeness (QED) is 0.604. The van der Waals surface area contributed by atoms with Gasteiger partial charge < -0.3 is 15.2 Å². The van der Waals surface area contributed by atoms with Crippen LogP contribution in [0.1, 0.15) is 22.5 Å². The molecule has 0 aliphatic carbocycles. The van der Waals surface area contributed by atoms with Gasteiger partial charge in [0.25, 0.3) is 5.91 Å². The Bertz CT molecular complexity index is 868. The summed E-state index contributed by atoms with van der Waals surface area (Å²) in [6, 6.07) is 16.4. The van der Waals surface area contributed by atoms with E-state index in [-0.39, 0.29) is 5.91 Å². The Morgan fingerprint density at radius 2 is 1.84 bits per heavy atom. The van der Waals surface area contributed by atoms with Crippen LogP contribution in [0.15, 0.2) is 53.0 Å². The zero-order chi connectivity index (χ0) is 17.8. The number of nitrogens with one attached hydrogen (secondary N) is 2. The highest BCUT2D eigenvalue weighted by Crippen LogP contribution is 2.27. The van der Waals surface area contributed by atoms with Crippen LogP contribution in [0.25, 0.3) is 10.9 Å². The predicted molar refractivity (Wildman–Crippen MR) is 107 cm³/mol. The Morgan fingerprint density at radius 1 is 1.12 bits per heavy atom. The number of H-pyrrole nitrogens is 1. The molecular weight excluding hydrogens is 378 g/mol. The molecule has 0 radical (unpaired) electrons. The van der Waals surface area contributed by atoms with Crippen LogP contribution in [0.2, 0.25) is 0 Å². The molecule has 1 aromatic heterocycles. The van der Waals surface area contributed by atoms with Crippen molar-refractivity contribution in [1.82, 2.24) is 10.3 Å². The van der Waals surface area contributed by atoms with Gasteiger partial charge in [0.05, 0.1) is 4.47 Å². The molecule has 0 bridgehead atoms. The molecule has 2 N–H and O–H groups in total. The van der Waals surface area contributed by atoms with Gasteiger partial charge in [-0.3, -0.25) is 4.79 Å². The minimum Gasteiger partial charge on any atom is -0.378 e. The number of aromatic nitrogens is 1. The number of hydrogen-bond donors (Lipinski definition) is 2. The third kappa shape index (κ3) is 4.04. The highest BCUT2D eigenvalue weighted by molar-refractivity contribution is 9.10. The van der Waals surface area contributed by atoms with Gasteiger partial charge in [-0.25, -0.2) is 0 Å². The van der Waals surface area contributed by atoms with E-state index in [0.717, 1.165) is 28.2 Å². The molecule has 0 aliphatic rings. The van der Waals surface area contributed by atoms with Crippen LogP contribution in [0, 0.1) is 0 Å². The summed E-state index contributed by atoms with van der Waals surface area (Å²) >= 11 is 3.52. The number of aryl methyl sites for hydroxylation is 1. The SMILES string of the molecule is CN(C)c1ccc(CCCNC(=O)c2[nH]c3ccccc3c2Br)cc1. The van der Waals surface area contributed by atoms with Crippen molar-refractivity contribution < 1.29 is 4.79 Å². The van der Waals surface area contributed by atoms with Crippen LogP contribution >= 0.6 is 15.9 Å². The van der Waals surface area contributed by atoms with E-state index < -0.39 is 0 Å². The van der Waals surface area contributed by atoms with Gasteiger partial charge in [0, 0.05) is 37.2 Å². The Labute approximate surface area is 156 Å². The van der Waals surface area contributed by atoms with Gasteiger partial charge in [-0.2, -0.15) is 0 Å². The van der Waals surface area contributed by atoms with Gasteiger partial charge in [-0.1, -0.05) is 30.3 Å². The fourth-order valence-corrected chi connectivity index (χ4v) is 3.43. The van der Waals surface area contributed by atoms with Gasteiger partial charge in [0.1, 0.15) is 5.69 Å². The first-order chi connectivity index (χ1) is 12.1. The van der Waals surface area contributed by atoms with Gasteiger partial charge in [0.2, 0.25) is 0 Å². The van der Waals surface area contributed by atoms with Gasteiger partial charge in [-0.15, -0.1) is 0 Å². The molecule has 130 valence electrons. The van der Waals surface area contributed by atoms with Crippen molar-refractivity contribution in [2.45, 2.75) is 12.8 Å². The molecule has 0 fully saturated rings. The summed E-state index contributed by atoms with van der Waals surface area (Å²) < 4.78 is 0.819. The zero-order valence-corrected chi connectivity index (χ0v) is 16.1. The maximum absolute atomic E-state index is 12.4. The van der Waals surface area contributed by atoms with E-state index in [1.165, 1.54) is 11.3 Å². The van der Waals surface area contributed by atoms with E-state index in [2.05, 4.69) is 55.4 Å². The number of aromatic amines is 1. The molecule has 0 atom stereocenters. The number of nitrogens with zero attached hydrogens (tertiary/aromatic N) is 1. The van der Waals surface area contributed by atoms with Crippen LogP contribution in [-0.2, 0) is 6.42 Å². The van der Waals surface area contributed by atoms with Gasteiger partial charge in [0.15, 0.2) is 0 Å². The second-order valence-corrected chi connectivity index (χ2v) is 7.07. The van der Waals surface area contributed by atoms with Crippen molar-refractivity contribution in [3.63, 3.8) is 0 Å². The Hall–Kier alpha value is -2.27. The standard InChI is InChI=1S/C20H22BrN3O/c1-24(2)15-11-9-14(10-12-15)6-5-13-22-20(25)19-18(21)16-7-3-4-8-17(16)23-19/h3-4,7-12,23H,5-6,13H2,1-2H3,(H,22,25). The Morgan fingerprint density at radius 3 is 2.52 bits per heavy atom. The zero-order valence-electron chi connectivity index (χ0n) is 14.5. The third-order valence-corrected chi connectivity index (χ3v) is 5.07. The summed E-state index contributed by atoms with van der Waals surface area (Å²) in [5.74, 6) is -0.0777. The van der Waals surface area contributed by atoms with Crippen molar-refractivity contribution in [2.24, 2.45) is 0 Å². The lowest BCUT2D eigenvalue weighted by molar-refractivity contribution is 0.0948. The summed E-state index contributed by atoms with van der Waals surface area (Å²) in [5.41, 5.74) is 4.02. The van der Waals surface area contributed by atoms with E-state index in [0.29, 0.717) is 12.2 Å². The molecule has 2 aromatic carbocycles. The number of carbonyl (C=O) groups is 1. The lowest BCUT2D eigenvalue weighted by atomic mass is 10.1. The van der Waals surface area contributed by atoms with E-state index in [4.69, 9.17) is 0 Å². The molecule has 5 heteroatoms. The number of benzene rings is 2. The summed E-state index contributed by atoms with van der Waals surface area (Å²) in [6.45, 7) is 0.649. The second kappa shape index (κ2) is 7.74. The minimum absolute atomic E-state index is 0.0777. The first-order valence-corrected chi connectivity index (χ1v) is 9.16. The summed E-state index contributed by atoms with van der Waals surface area (Å²) in [4.78, 5) is 17.6. The molecule has 4 nitrogen and oxygen atoms in total. The number of hydrogen-bond acceptors (Lipinski definition) is 2. The molecule has 25 heavy (non-hydrogen) atoms. The molecule has 0 saturated heterocycles. The minimum atomic E-state index is -0.0777. The first-order valence-electron chi connectivity index (χ1n) is 8.37. The summed E-state index contributed by atoms with van der Waals surface area (Å²) in [6.07, 6.45) is 1.85. The van der Waals surface area contributed by atoms with Crippen molar-refractivity contribution in [3.8, 4) is 0 Å². The summed E-state index contributed by atoms with van der Waals surface area (Å²) in [5, 5.41) is 4.01. The summed E-state index contributed by atoms with van der Waals surface area (Å²) in [7, 11) is 4.07. The lowest BCUT2D eigenvalue weighted by Crippen LogP contribution is -2.25. The monoisotopic (exact) mass is 399 g/mol. The van der Waals surface area contributed by atoms with E-state index in [9.17, 15) is 4.79 Å². The molecule has 3 rings (SSSR count). The third-order valence-electron chi connectivity index (χ3n) is 4.25. The average Bonchev–Trinajstić information content (AvgIpc) is 2.96. The first kappa shape index (κ1) is 17.5. The molecule has 0 saturated carbocycles. The number of rotatable bonds is 6. The second-order valence-electron chi connectivity index (χ2n) is 6.28. The van der Waals surface area contributed by atoms with E-state index in [1.807, 2.05) is 38.4 Å². The van der Waals surface area contributed by atoms with Crippen molar-refractivity contribution in [3.05, 3.63) is 64.3 Å². The average molecular weight is 400 g/mol. The number of para-hydroxylation sites is 1. The maximum Gasteiger partial charge on any atom is 0.268 e. The number of amides is 1. The molecule has 0 unspecified atom stereocenters. The van der Waals surface area contributed by atoms with Crippen LogP contribution in [-0.4, -0.2) is 31.5 Å². The molecule has 3 aromatic rings.